The van der Waals surface area contributed by atoms with Crippen molar-refractivity contribution >= 4 is 28.5 Å². The Kier molecular flexibility index (Phi) is 8.11. The Bertz CT molecular complexity index is 1300. The number of fused-ring (bicyclic) bond motifs is 1. The zero-order valence-corrected chi connectivity index (χ0v) is 23.0. The summed E-state index contributed by atoms with van der Waals surface area (Å²) in [5.74, 6) is 0.0371. The zero-order valence-electron chi connectivity index (χ0n) is 22.2. The smallest absolute Gasteiger partial charge is 0.223 e. The van der Waals surface area contributed by atoms with E-state index >= 15 is 4.39 Å². The number of ether oxygens (including phenoxy) is 2. The quantitative estimate of drug-likeness (QED) is 0.459. The highest BCUT2D eigenvalue weighted by atomic mass is 35.5. The summed E-state index contributed by atoms with van der Waals surface area (Å²) in [5, 5.41) is 14.5. The number of nitrogens with one attached hydrogen (secondary N) is 1. The maximum absolute atomic E-state index is 15.5. The second kappa shape index (κ2) is 11.4. The molecule has 204 valence electrons. The van der Waals surface area contributed by atoms with E-state index in [1.807, 2.05) is 12.3 Å². The summed E-state index contributed by atoms with van der Waals surface area (Å²) >= 11 is 6.52. The van der Waals surface area contributed by atoms with E-state index in [2.05, 4.69) is 52.9 Å². The standard InChI is InChI=1S/C28H35ClFN5O3/c1-15(2)25-19(11-35-16(3)12-38-13-17(35)4)9-31-27-20(25)7-18(8-22(27)30)26-21(29)10-32-28(34-26)33-23-5-6-37-14-24(23)36/h7-10,15-17,23-24,36H,5-6,11-14H2,1-4H3,(H,32,33,34)/t16-,17+,23-,24-/m1/s1. The van der Waals surface area contributed by atoms with Crippen LogP contribution in [0.1, 0.15) is 51.2 Å². The lowest BCUT2D eigenvalue weighted by Gasteiger charge is -2.39. The number of nitrogens with zero attached hydrogens (tertiary/aromatic N) is 4. The van der Waals surface area contributed by atoms with Gasteiger partial charge in [0.15, 0.2) is 0 Å². The molecular formula is C28H35ClFN5O3. The molecule has 2 aromatic heterocycles. The second-order valence-electron chi connectivity index (χ2n) is 10.7. The van der Waals surface area contributed by atoms with Gasteiger partial charge in [0, 0.05) is 42.4 Å². The van der Waals surface area contributed by atoms with Gasteiger partial charge >= 0.3 is 0 Å². The van der Waals surface area contributed by atoms with Crippen LogP contribution in [0.3, 0.4) is 0 Å². The minimum absolute atomic E-state index is 0.143. The number of rotatable bonds is 6. The normalized spacial score (nSPS) is 24.7. The van der Waals surface area contributed by atoms with Crippen LogP contribution in [0.25, 0.3) is 22.2 Å². The first-order valence-corrected chi connectivity index (χ1v) is 13.6. The first-order chi connectivity index (χ1) is 18.2. The summed E-state index contributed by atoms with van der Waals surface area (Å²) in [4.78, 5) is 15.9. The molecule has 0 radical (unpaired) electrons. The number of aromatic nitrogens is 3. The van der Waals surface area contributed by atoms with Gasteiger partial charge in [-0.3, -0.25) is 9.88 Å². The van der Waals surface area contributed by atoms with Gasteiger partial charge in [0.2, 0.25) is 5.95 Å². The van der Waals surface area contributed by atoms with E-state index in [0.29, 0.717) is 60.5 Å². The summed E-state index contributed by atoms with van der Waals surface area (Å²) in [6.07, 6.45) is 3.27. The number of aliphatic hydroxyl groups is 1. The molecule has 3 aromatic rings. The van der Waals surface area contributed by atoms with Gasteiger partial charge in [-0.15, -0.1) is 0 Å². The van der Waals surface area contributed by atoms with Gasteiger partial charge in [-0.25, -0.2) is 14.4 Å². The maximum atomic E-state index is 15.5. The zero-order chi connectivity index (χ0) is 27.0. The van der Waals surface area contributed by atoms with Crippen LogP contribution in [0.4, 0.5) is 10.3 Å². The van der Waals surface area contributed by atoms with E-state index in [9.17, 15) is 5.11 Å². The molecule has 2 fully saturated rings. The topological polar surface area (TPSA) is 92.6 Å². The summed E-state index contributed by atoms with van der Waals surface area (Å²) in [5.41, 5.74) is 3.44. The second-order valence-corrected chi connectivity index (χ2v) is 11.1. The number of hydrogen-bond donors (Lipinski definition) is 2. The van der Waals surface area contributed by atoms with Crippen molar-refractivity contribution in [2.45, 2.75) is 70.8 Å². The highest BCUT2D eigenvalue weighted by Gasteiger charge is 2.28. The van der Waals surface area contributed by atoms with E-state index < -0.39 is 11.9 Å². The summed E-state index contributed by atoms with van der Waals surface area (Å²) < 4.78 is 26.5. The fourth-order valence-corrected chi connectivity index (χ4v) is 5.70. The maximum Gasteiger partial charge on any atom is 0.223 e. The Morgan fingerprint density at radius 3 is 2.61 bits per heavy atom. The van der Waals surface area contributed by atoms with Crippen molar-refractivity contribution in [1.29, 1.82) is 0 Å². The Balaban J connectivity index is 1.55. The fraction of sp³-hybridized carbons (Fsp3) is 0.536. The van der Waals surface area contributed by atoms with Gasteiger partial charge in [0.25, 0.3) is 0 Å². The average Bonchev–Trinajstić information content (AvgIpc) is 2.88. The number of morpholine rings is 1. The molecule has 0 bridgehead atoms. The Morgan fingerprint density at radius 2 is 1.89 bits per heavy atom. The third kappa shape index (κ3) is 5.49. The molecule has 0 spiro atoms. The van der Waals surface area contributed by atoms with E-state index in [1.165, 1.54) is 12.3 Å². The number of hydrogen-bond acceptors (Lipinski definition) is 8. The summed E-state index contributed by atoms with van der Waals surface area (Å²) in [7, 11) is 0. The molecule has 2 saturated heterocycles. The van der Waals surface area contributed by atoms with E-state index in [1.54, 1.807) is 0 Å². The molecule has 5 rings (SSSR count). The van der Waals surface area contributed by atoms with Crippen LogP contribution >= 0.6 is 11.6 Å². The Hall–Kier alpha value is -2.43. The summed E-state index contributed by atoms with van der Waals surface area (Å²) in [6, 6.07) is 3.66. The molecule has 2 aliphatic rings. The highest BCUT2D eigenvalue weighted by Crippen LogP contribution is 2.36. The summed E-state index contributed by atoms with van der Waals surface area (Å²) in [6.45, 7) is 11.5. The highest BCUT2D eigenvalue weighted by molar-refractivity contribution is 6.33. The molecule has 10 heteroatoms. The van der Waals surface area contributed by atoms with Crippen molar-refractivity contribution in [1.82, 2.24) is 19.9 Å². The Labute approximate surface area is 227 Å². The average molecular weight is 544 g/mol. The molecule has 2 N–H and O–H groups in total. The lowest BCUT2D eigenvalue weighted by molar-refractivity contribution is -0.0411. The largest absolute Gasteiger partial charge is 0.389 e. The minimum Gasteiger partial charge on any atom is -0.389 e. The van der Waals surface area contributed by atoms with Crippen LogP contribution in [0, 0.1) is 5.82 Å². The molecule has 0 amide bonds. The number of benzene rings is 1. The number of pyridine rings is 1. The first-order valence-electron chi connectivity index (χ1n) is 13.2. The van der Waals surface area contributed by atoms with Crippen LogP contribution in [-0.2, 0) is 16.0 Å². The van der Waals surface area contributed by atoms with Crippen molar-refractivity contribution in [2.75, 3.05) is 31.7 Å². The number of halogens is 2. The fourth-order valence-electron chi connectivity index (χ4n) is 5.50. The lowest BCUT2D eigenvalue weighted by atomic mass is 9.91. The molecule has 4 atom stereocenters. The first kappa shape index (κ1) is 27.1. The van der Waals surface area contributed by atoms with E-state index in [0.717, 1.165) is 16.5 Å². The molecule has 0 aliphatic carbocycles. The molecule has 1 aromatic carbocycles. The third-order valence-corrected chi connectivity index (χ3v) is 7.76. The van der Waals surface area contributed by atoms with Gasteiger partial charge in [0.1, 0.15) is 11.3 Å². The van der Waals surface area contributed by atoms with Crippen molar-refractivity contribution in [3.8, 4) is 11.3 Å². The van der Waals surface area contributed by atoms with Crippen molar-refractivity contribution in [3.63, 3.8) is 0 Å². The monoisotopic (exact) mass is 543 g/mol. The minimum atomic E-state index is -0.667. The number of anilines is 1. The van der Waals surface area contributed by atoms with Crippen molar-refractivity contribution < 1.29 is 19.0 Å². The molecule has 2 aliphatic heterocycles. The third-order valence-electron chi connectivity index (χ3n) is 7.49. The van der Waals surface area contributed by atoms with Gasteiger partial charge < -0.3 is 19.9 Å². The SMILES string of the molecule is CC(C)c1c(CN2[C@H](C)COC[C@@H]2C)cnc2c(F)cc(-c3nc(N[C@@H]4CCOC[C@H]4O)ncc3Cl)cc12. The van der Waals surface area contributed by atoms with Crippen LogP contribution in [0.5, 0.6) is 0 Å². The predicted molar refractivity (Wildman–Crippen MR) is 146 cm³/mol. The lowest BCUT2D eigenvalue weighted by Crippen LogP contribution is -2.49. The van der Waals surface area contributed by atoms with Crippen molar-refractivity contribution in [3.05, 3.63) is 46.5 Å². The van der Waals surface area contributed by atoms with Crippen molar-refractivity contribution in [2.24, 2.45) is 0 Å². The number of aliphatic hydroxyl groups excluding tert-OH is 1. The van der Waals surface area contributed by atoms with Crippen LogP contribution in [-0.4, -0.2) is 75.6 Å². The van der Waals surface area contributed by atoms with Gasteiger partial charge in [-0.2, -0.15) is 0 Å². The van der Waals surface area contributed by atoms with Gasteiger partial charge in [-0.05, 0) is 49.4 Å². The van der Waals surface area contributed by atoms with Crippen LogP contribution in [0.2, 0.25) is 5.02 Å². The molecule has 38 heavy (non-hydrogen) atoms. The molecule has 8 nitrogen and oxygen atoms in total. The van der Waals surface area contributed by atoms with E-state index in [-0.39, 0.29) is 30.7 Å². The van der Waals surface area contributed by atoms with Crippen LogP contribution < -0.4 is 5.32 Å². The molecule has 0 unspecified atom stereocenters. The van der Waals surface area contributed by atoms with Gasteiger partial charge in [0.05, 0.1) is 48.9 Å². The molecular weight excluding hydrogens is 509 g/mol. The van der Waals surface area contributed by atoms with Crippen LogP contribution in [0.15, 0.2) is 24.5 Å². The molecule has 0 saturated carbocycles. The van der Waals surface area contributed by atoms with E-state index in [4.69, 9.17) is 21.1 Å². The molecule has 4 heterocycles. The Morgan fingerprint density at radius 1 is 1.13 bits per heavy atom. The van der Waals surface area contributed by atoms with Gasteiger partial charge in [-0.1, -0.05) is 25.4 Å². The predicted octanol–water partition coefficient (Wildman–Crippen LogP) is 4.78.